The summed E-state index contributed by atoms with van der Waals surface area (Å²) in [6.07, 6.45) is 1.25. The van der Waals surface area contributed by atoms with Gasteiger partial charge < -0.3 is 9.15 Å². The fraction of sp³-hybridized carbons (Fsp3) is 0.182. The molecule has 3 nitrogen and oxygen atoms in total. The molecule has 0 saturated heterocycles. The first-order valence-electron chi connectivity index (χ1n) is 4.39. The van der Waals surface area contributed by atoms with Crippen LogP contribution in [0.5, 0.6) is 5.75 Å². The van der Waals surface area contributed by atoms with Crippen LogP contribution in [0.15, 0.2) is 27.6 Å². The third kappa shape index (κ3) is 1.49. The molecule has 1 heterocycles. The van der Waals surface area contributed by atoms with Gasteiger partial charge in [-0.05, 0) is 19.1 Å². The lowest BCUT2D eigenvalue weighted by atomic mass is 10.1. The number of aryl methyl sites for hydroxylation is 1. The summed E-state index contributed by atoms with van der Waals surface area (Å²) >= 11 is 5.68. The quantitative estimate of drug-likeness (QED) is 0.748. The molecule has 0 spiro atoms. The maximum Gasteiger partial charge on any atom is 0.211 e. The Labute approximate surface area is 91.2 Å². The summed E-state index contributed by atoms with van der Waals surface area (Å²) in [7, 11) is 1.57. The first-order chi connectivity index (χ1) is 7.15. The van der Waals surface area contributed by atoms with Crippen molar-refractivity contribution in [3.05, 3.63) is 39.2 Å². The van der Waals surface area contributed by atoms with Gasteiger partial charge >= 0.3 is 0 Å². The maximum absolute atomic E-state index is 11.6. The van der Waals surface area contributed by atoms with Crippen molar-refractivity contribution in [1.82, 2.24) is 0 Å². The SMILES string of the molecule is COc1ccc2c(=O)c(Cl)coc2c1C. The fourth-order valence-corrected chi connectivity index (χ4v) is 1.66. The maximum atomic E-state index is 11.6. The molecule has 1 aromatic heterocycles. The van der Waals surface area contributed by atoms with E-state index in [1.165, 1.54) is 6.26 Å². The van der Waals surface area contributed by atoms with Gasteiger partial charge in [0, 0.05) is 5.56 Å². The van der Waals surface area contributed by atoms with Gasteiger partial charge in [0.15, 0.2) is 0 Å². The summed E-state index contributed by atoms with van der Waals surface area (Å²) in [6.45, 7) is 1.83. The van der Waals surface area contributed by atoms with Crippen molar-refractivity contribution in [1.29, 1.82) is 0 Å². The molecule has 2 aromatic rings. The Kier molecular flexibility index (Phi) is 2.40. The minimum atomic E-state index is -0.219. The Hall–Kier alpha value is -1.48. The monoisotopic (exact) mass is 224 g/mol. The molecular formula is C11H9ClO3. The van der Waals surface area contributed by atoms with Gasteiger partial charge in [-0.1, -0.05) is 11.6 Å². The molecule has 4 heteroatoms. The molecule has 0 radical (unpaired) electrons. The highest BCUT2D eigenvalue weighted by Crippen LogP contribution is 2.26. The van der Waals surface area contributed by atoms with Crippen molar-refractivity contribution in [3.63, 3.8) is 0 Å². The van der Waals surface area contributed by atoms with Crippen molar-refractivity contribution in [3.8, 4) is 5.75 Å². The molecule has 0 saturated carbocycles. The van der Waals surface area contributed by atoms with Gasteiger partial charge in [-0.25, -0.2) is 0 Å². The summed E-state index contributed by atoms with van der Waals surface area (Å²) in [5.41, 5.74) is 1.09. The minimum absolute atomic E-state index is 0.0899. The number of rotatable bonds is 1. The lowest BCUT2D eigenvalue weighted by Crippen LogP contribution is -2.02. The Balaban J connectivity index is 2.91. The topological polar surface area (TPSA) is 39.4 Å². The zero-order valence-corrected chi connectivity index (χ0v) is 9.09. The summed E-state index contributed by atoms with van der Waals surface area (Å²) in [6, 6.07) is 3.38. The summed E-state index contributed by atoms with van der Waals surface area (Å²) < 4.78 is 10.4. The molecule has 0 unspecified atom stereocenters. The highest BCUT2D eigenvalue weighted by atomic mass is 35.5. The van der Waals surface area contributed by atoms with Crippen LogP contribution >= 0.6 is 11.6 Å². The van der Waals surface area contributed by atoms with E-state index in [1.807, 2.05) is 6.92 Å². The normalized spacial score (nSPS) is 10.6. The lowest BCUT2D eigenvalue weighted by Gasteiger charge is -2.06. The smallest absolute Gasteiger partial charge is 0.211 e. The Morgan fingerprint density at radius 2 is 2.13 bits per heavy atom. The molecule has 78 valence electrons. The molecule has 0 bridgehead atoms. The number of hydrogen-bond donors (Lipinski definition) is 0. The van der Waals surface area contributed by atoms with E-state index in [0.717, 1.165) is 5.56 Å². The summed E-state index contributed by atoms with van der Waals surface area (Å²) in [4.78, 5) is 11.6. The van der Waals surface area contributed by atoms with E-state index in [4.69, 9.17) is 20.8 Å². The average Bonchev–Trinajstić information content (AvgIpc) is 2.24. The molecule has 0 amide bonds. The number of ether oxygens (including phenoxy) is 1. The van der Waals surface area contributed by atoms with E-state index in [0.29, 0.717) is 16.7 Å². The van der Waals surface area contributed by atoms with Crippen LogP contribution in [0, 0.1) is 6.92 Å². The van der Waals surface area contributed by atoms with Crippen LogP contribution in [-0.4, -0.2) is 7.11 Å². The standard InChI is InChI=1S/C11H9ClO3/c1-6-9(14-2)4-3-7-10(13)8(12)5-15-11(6)7/h3-5H,1-2H3. The average molecular weight is 225 g/mol. The van der Waals surface area contributed by atoms with Gasteiger partial charge in [0.2, 0.25) is 5.43 Å². The number of halogens is 1. The second-order valence-electron chi connectivity index (χ2n) is 3.18. The fourth-order valence-electron chi connectivity index (χ4n) is 1.52. The molecule has 1 aromatic carbocycles. The van der Waals surface area contributed by atoms with Crippen LogP contribution in [0.1, 0.15) is 5.56 Å². The van der Waals surface area contributed by atoms with Crippen molar-refractivity contribution >= 4 is 22.6 Å². The molecular weight excluding hydrogens is 216 g/mol. The highest BCUT2D eigenvalue weighted by molar-refractivity contribution is 6.30. The second kappa shape index (κ2) is 3.59. The molecule has 0 aliphatic heterocycles. The van der Waals surface area contributed by atoms with Crippen molar-refractivity contribution in [2.75, 3.05) is 7.11 Å². The van der Waals surface area contributed by atoms with Gasteiger partial charge in [0.1, 0.15) is 22.6 Å². The van der Waals surface area contributed by atoms with Gasteiger partial charge in [-0.3, -0.25) is 4.79 Å². The van der Waals surface area contributed by atoms with E-state index in [1.54, 1.807) is 19.2 Å². The first kappa shape index (κ1) is 10.1. The van der Waals surface area contributed by atoms with Gasteiger partial charge in [-0.15, -0.1) is 0 Å². The molecule has 0 atom stereocenters. The van der Waals surface area contributed by atoms with Crippen LogP contribution in [-0.2, 0) is 0 Å². The van der Waals surface area contributed by atoms with Gasteiger partial charge in [0.25, 0.3) is 0 Å². The predicted molar refractivity (Wildman–Crippen MR) is 58.8 cm³/mol. The lowest BCUT2D eigenvalue weighted by molar-refractivity contribution is 0.411. The van der Waals surface area contributed by atoms with E-state index in [9.17, 15) is 4.79 Å². The van der Waals surface area contributed by atoms with E-state index in [2.05, 4.69) is 0 Å². The third-order valence-corrected chi connectivity index (χ3v) is 2.58. The molecule has 0 N–H and O–H groups in total. The minimum Gasteiger partial charge on any atom is -0.496 e. The Bertz CT molecular complexity index is 572. The zero-order chi connectivity index (χ0) is 11.0. The van der Waals surface area contributed by atoms with E-state index >= 15 is 0 Å². The summed E-state index contributed by atoms with van der Waals surface area (Å²) in [5.74, 6) is 0.688. The molecule has 0 aliphatic carbocycles. The third-order valence-electron chi connectivity index (χ3n) is 2.32. The van der Waals surface area contributed by atoms with Crippen LogP contribution in [0.2, 0.25) is 5.02 Å². The van der Waals surface area contributed by atoms with Crippen LogP contribution in [0.4, 0.5) is 0 Å². The zero-order valence-electron chi connectivity index (χ0n) is 8.33. The molecule has 2 rings (SSSR count). The van der Waals surface area contributed by atoms with Crippen LogP contribution in [0.25, 0.3) is 11.0 Å². The molecule has 15 heavy (non-hydrogen) atoms. The van der Waals surface area contributed by atoms with Crippen LogP contribution in [0.3, 0.4) is 0 Å². The van der Waals surface area contributed by atoms with E-state index < -0.39 is 0 Å². The van der Waals surface area contributed by atoms with E-state index in [-0.39, 0.29) is 10.5 Å². The number of methoxy groups -OCH3 is 1. The number of hydrogen-bond acceptors (Lipinski definition) is 3. The largest absolute Gasteiger partial charge is 0.496 e. The van der Waals surface area contributed by atoms with Gasteiger partial charge in [0.05, 0.1) is 12.5 Å². The Morgan fingerprint density at radius 3 is 2.80 bits per heavy atom. The predicted octanol–water partition coefficient (Wildman–Crippen LogP) is 2.76. The van der Waals surface area contributed by atoms with Crippen molar-refractivity contribution in [2.24, 2.45) is 0 Å². The molecule has 0 aliphatic rings. The molecule has 0 fully saturated rings. The second-order valence-corrected chi connectivity index (χ2v) is 3.59. The summed E-state index contributed by atoms with van der Waals surface area (Å²) in [5, 5.41) is 0.563. The van der Waals surface area contributed by atoms with Crippen molar-refractivity contribution < 1.29 is 9.15 Å². The highest BCUT2D eigenvalue weighted by Gasteiger charge is 2.10. The van der Waals surface area contributed by atoms with Gasteiger partial charge in [-0.2, -0.15) is 0 Å². The van der Waals surface area contributed by atoms with Crippen molar-refractivity contribution in [2.45, 2.75) is 6.92 Å². The number of benzene rings is 1. The van der Waals surface area contributed by atoms with Crippen LogP contribution < -0.4 is 10.2 Å². The number of fused-ring (bicyclic) bond motifs is 1. The first-order valence-corrected chi connectivity index (χ1v) is 4.77. The Morgan fingerprint density at radius 1 is 1.40 bits per heavy atom.